The van der Waals surface area contributed by atoms with E-state index < -0.39 is 5.97 Å². The number of aromatic nitrogens is 1. The molecule has 0 radical (unpaired) electrons. The van der Waals surface area contributed by atoms with Crippen LogP contribution in [-0.2, 0) is 4.74 Å². The predicted molar refractivity (Wildman–Crippen MR) is 63.9 cm³/mol. The van der Waals surface area contributed by atoms with Crippen molar-refractivity contribution in [2.24, 2.45) is 4.99 Å². The van der Waals surface area contributed by atoms with E-state index in [1.807, 2.05) is 0 Å². The zero-order valence-corrected chi connectivity index (χ0v) is 9.06. The van der Waals surface area contributed by atoms with Crippen LogP contribution in [0.2, 0.25) is 0 Å². The maximum atomic E-state index is 11.5. The van der Waals surface area contributed by atoms with Crippen LogP contribution >= 0.6 is 0 Å². The molecular formula is C11H13N3O2. The minimum atomic E-state index is -0.557. The first-order chi connectivity index (χ1) is 7.63. The van der Waals surface area contributed by atoms with Crippen molar-refractivity contribution >= 4 is 30.1 Å². The Morgan fingerprint density at radius 3 is 2.94 bits per heavy atom. The fraction of sp³-hybridized carbons (Fsp3) is 0.182. The van der Waals surface area contributed by atoms with E-state index in [-0.39, 0.29) is 18.0 Å². The lowest BCUT2D eigenvalue weighted by Crippen LogP contribution is -2.11. The van der Waals surface area contributed by atoms with Gasteiger partial charge in [0.25, 0.3) is 0 Å². The fourth-order valence-electron chi connectivity index (χ4n) is 1.17. The van der Waals surface area contributed by atoms with E-state index in [9.17, 15) is 4.79 Å². The number of esters is 1. The quantitative estimate of drug-likeness (QED) is 0.618. The molecule has 0 spiro atoms. The predicted octanol–water partition coefficient (Wildman–Crippen LogP) is 1.82. The highest BCUT2D eigenvalue weighted by molar-refractivity contribution is 5.94. The molecule has 0 saturated heterocycles. The van der Waals surface area contributed by atoms with Gasteiger partial charge in [-0.05, 0) is 25.8 Å². The molecule has 0 atom stereocenters. The Bertz CT molecular complexity index is 441. The first-order valence-corrected chi connectivity index (χ1v) is 4.70. The van der Waals surface area contributed by atoms with Gasteiger partial charge in [-0.3, -0.25) is 4.99 Å². The Morgan fingerprint density at radius 1 is 1.75 bits per heavy atom. The second kappa shape index (κ2) is 5.06. The molecule has 5 heteroatoms. The Labute approximate surface area is 93.7 Å². The highest BCUT2D eigenvalue weighted by Crippen LogP contribution is 2.23. The monoisotopic (exact) mass is 219 g/mol. The lowest BCUT2D eigenvalue weighted by molar-refractivity contribution is 0.0521. The SMILES string of the molecule is C=Cc1nc(C(=O)OCC)c(N)cc1N=C. The second-order valence-electron chi connectivity index (χ2n) is 2.91. The van der Waals surface area contributed by atoms with Gasteiger partial charge in [0.1, 0.15) is 0 Å². The average Bonchev–Trinajstić information content (AvgIpc) is 2.28. The summed E-state index contributed by atoms with van der Waals surface area (Å²) >= 11 is 0. The smallest absolute Gasteiger partial charge is 0.359 e. The highest BCUT2D eigenvalue weighted by atomic mass is 16.5. The van der Waals surface area contributed by atoms with Gasteiger partial charge < -0.3 is 10.5 Å². The molecule has 0 unspecified atom stereocenters. The number of aliphatic imine (C=N–C) groups is 1. The molecule has 1 aromatic rings. The van der Waals surface area contributed by atoms with Gasteiger partial charge in [-0.2, -0.15) is 0 Å². The Hall–Kier alpha value is -2.17. The third-order valence-electron chi connectivity index (χ3n) is 1.89. The largest absolute Gasteiger partial charge is 0.461 e. The third-order valence-corrected chi connectivity index (χ3v) is 1.89. The summed E-state index contributed by atoms with van der Waals surface area (Å²) in [5.41, 5.74) is 6.89. The zero-order valence-electron chi connectivity index (χ0n) is 9.06. The minimum absolute atomic E-state index is 0.0733. The fourth-order valence-corrected chi connectivity index (χ4v) is 1.17. The van der Waals surface area contributed by atoms with Crippen LogP contribution in [-0.4, -0.2) is 24.3 Å². The third kappa shape index (κ3) is 2.25. The molecule has 0 aromatic carbocycles. The van der Waals surface area contributed by atoms with E-state index in [1.54, 1.807) is 6.92 Å². The Kier molecular flexibility index (Phi) is 3.77. The molecule has 16 heavy (non-hydrogen) atoms. The Balaban J connectivity index is 3.26. The summed E-state index contributed by atoms with van der Waals surface area (Å²) in [5.74, 6) is -0.557. The maximum Gasteiger partial charge on any atom is 0.359 e. The average molecular weight is 219 g/mol. The van der Waals surface area contributed by atoms with Crippen LogP contribution in [0.3, 0.4) is 0 Å². The molecule has 1 heterocycles. The number of ether oxygens (including phenoxy) is 1. The summed E-state index contributed by atoms with van der Waals surface area (Å²) in [6.45, 7) is 8.93. The van der Waals surface area contributed by atoms with Crippen molar-refractivity contribution in [2.75, 3.05) is 12.3 Å². The maximum absolute atomic E-state index is 11.5. The topological polar surface area (TPSA) is 77.6 Å². The molecule has 84 valence electrons. The summed E-state index contributed by atoms with van der Waals surface area (Å²) in [5, 5.41) is 0. The van der Waals surface area contributed by atoms with Crippen LogP contribution in [0.5, 0.6) is 0 Å². The van der Waals surface area contributed by atoms with Gasteiger partial charge in [0.15, 0.2) is 5.69 Å². The van der Waals surface area contributed by atoms with Gasteiger partial charge in [0, 0.05) is 0 Å². The number of pyridine rings is 1. The van der Waals surface area contributed by atoms with Crippen LogP contribution in [0, 0.1) is 0 Å². The standard InChI is InChI=1S/C11H13N3O2/c1-4-8-9(13-3)6-7(12)10(14-8)11(15)16-5-2/h4,6H,1,3,5,12H2,2H3. The molecule has 5 nitrogen and oxygen atoms in total. The molecule has 0 saturated carbocycles. The van der Waals surface area contributed by atoms with E-state index in [4.69, 9.17) is 10.5 Å². The molecule has 0 fully saturated rings. The number of hydrogen-bond donors (Lipinski definition) is 1. The number of hydrogen-bond acceptors (Lipinski definition) is 5. The van der Waals surface area contributed by atoms with Crippen molar-refractivity contribution in [1.82, 2.24) is 4.98 Å². The first kappa shape index (κ1) is 11.9. The summed E-state index contributed by atoms with van der Waals surface area (Å²) in [6.07, 6.45) is 1.48. The minimum Gasteiger partial charge on any atom is -0.461 e. The number of nitrogens with two attached hydrogens (primary N) is 1. The van der Waals surface area contributed by atoms with Gasteiger partial charge in [-0.15, -0.1) is 0 Å². The van der Waals surface area contributed by atoms with Crippen LogP contribution in [0.4, 0.5) is 11.4 Å². The molecule has 0 aliphatic rings. The first-order valence-electron chi connectivity index (χ1n) is 4.70. The van der Waals surface area contributed by atoms with E-state index in [0.29, 0.717) is 11.4 Å². The van der Waals surface area contributed by atoms with Crippen LogP contribution in [0.1, 0.15) is 23.1 Å². The summed E-state index contributed by atoms with van der Waals surface area (Å²) in [6, 6.07) is 1.52. The molecule has 1 rings (SSSR count). The number of carbonyl (C=O) groups excluding carboxylic acids is 1. The number of nitrogen functional groups attached to an aromatic ring is 1. The lowest BCUT2D eigenvalue weighted by Gasteiger charge is -2.07. The Morgan fingerprint density at radius 2 is 2.44 bits per heavy atom. The number of rotatable bonds is 4. The van der Waals surface area contributed by atoms with Crippen molar-refractivity contribution in [3.63, 3.8) is 0 Å². The number of nitrogens with zero attached hydrogens (tertiary/aromatic N) is 2. The van der Waals surface area contributed by atoms with Gasteiger partial charge >= 0.3 is 5.97 Å². The van der Waals surface area contributed by atoms with Crippen LogP contribution in [0.25, 0.3) is 6.08 Å². The molecule has 1 aromatic heterocycles. The van der Waals surface area contributed by atoms with Gasteiger partial charge in [0.05, 0.1) is 23.7 Å². The van der Waals surface area contributed by atoms with Gasteiger partial charge in [0.2, 0.25) is 0 Å². The van der Waals surface area contributed by atoms with Crippen molar-refractivity contribution in [3.8, 4) is 0 Å². The molecule has 0 aliphatic carbocycles. The molecule has 2 N–H and O–H groups in total. The number of anilines is 1. The van der Waals surface area contributed by atoms with E-state index >= 15 is 0 Å². The van der Waals surface area contributed by atoms with Gasteiger partial charge in [-0.25, -0.2) is 9.78 Å². The molecule has 0 aliphatic heterocycles. The number of carbonyl (C=O) groups is 1. The summed E-state index contributed by atoms with van der Waals surface area (Å²) in [7, 11) is 0. The molecular weight excluding hydrogens is 206 g/mol. The summed E-state index contributed by atoms with van der Waals surface area (Å²) < 4.78 is 4.82. The highest BCUT2D eigenvalue weighted by Gasteiger charge is 2.15. The molecule has 0 amide bonds. The van der Waals surface area contributed by atoms with Crippen LogP contribution in [0.15, 0.2) is 17.6 Å². The van der Waals surface area contributed by atoms with Crippen molar-refractivity contribution in [3.05, 3.63) is 24.0 Å². The van der Waals surface area contributed by atoms with Crippen molar-refractivity contribution in [2.45, 2.75) is 6.92 Å². The van der Waals surface area contributed by atoms with Crippen molar-refractivity contribution in [1.29, 1.82) is 0 Å². The van der Waals surface area contributed by atoms with E-state index in [1.165, 1.54) is 12.1 Å². The van der Waals surface area contributed by atoms with E-state index in [2.05, 4.69) is 23.3 Å². The van der Waals surface area contributed by atoms with Gasteiger partial charge in [-0.1, -0.05) is 6.58 Å². The summed E-state index contributed by atoms with van der Waals surface area (Å²) in [4.78, 5) is 19.2. The zero-order chi connectivity index (χ0) is 12.1. The van der Waals surface area contributed by atoms with Crippen molar-refractivity contribution < 1.29 is 9.53 Å². The molecule has 0 bridgehead atoms. The normalized spacial score (nSPS) is 9.56. The lowest BCUT2D eigenvalue weighted by atomic mass is 10.2. The van der Waals surface area contributed by atoms with E-state index in [0.717, 1.165) is 0 Å². The second-order valence-corrected chi connectivity index (χ2v) is 2.91. The van der Waals surface area contributed by atoms with Crippen LogP contribution < -0.4 is 5.73 Å².